The Labute approximate surface area is 143 Å². The molecule has 1 aliphatic heterocycles. The third-order valence-corrected chi connectivity index (χ3v) is 4.10. The standard InChI is InChI=1S/C17H17FN4O3/c1-2-25-17(24)12-10-22(6-3-5-19)15-11(14(12)23)9-13(18)16(20-15)21-7-4-8-21/h9-10H,2-4,6-8H2,1H3. The summed E-state index contributed by atoms with van der Waals surface area (Å²) in [4.78, 5) is 30.7. The number of carbonyl (C=O) groups excluding carboxylic acids is 1. The number of hydrogen-bond acceptors (Lipinski definition) is 6. The van der Waals surface area contributed by atoms with Gasteiger partial charge in [-0.3, -0.25) is 4.79 Å². The first-order valence-corrected chi connectivity index (χ1v) is 8.09. The van der Waals surface area contributed by atoms with Crippen molar-refractivity contribution < 1.29 is 13.9 Å². The quantitative estimate of drug-likeness (QED) is 0.769. The topological polar surface area (TPSA) is 88.2 Å². The van der Waals surface area contributed by atoms with Crippen LogP contribution in [0.25, 0.3) is 11.0 Å². The summed E-state index contributed by atoms with van der Waals surface area (Å²) in [6.45, 7) is 3.40. The van der Waals surface area contributed by atoms with E-state index in [1.807, 2.05) is 6.07 Å². The highest BCUT2D eigenvalue weighted by Crippen LogP contribution is 2.25. The lowest BCUT2D eigenvalue weighted by molar-refractivity contribution is 0.0524. The van der Waals surface area contributed by atoms with Gasteiger partial charge in [0.1, 0.15) is 11.2 Å². The van der Waals surface area contributed by atoms with Crippen LogP contribution in [0.15, 0.2) is 17.1 Å². The molecule has 0 aromatic carbocycles. The number of fused-ring (bicyclic) bond motifs is 1. The minimum atomic E-state index is -0.771. The number of pyridine rings is 2. The Morgan fingerprint density at radius 3 is 2.84 bits per heavy atom. The number of anilines is 1. The van der Waals surface area contributed by atoms with Crippen molar-refractivity contribution in [3.63, 3.8) is 0 Å². The highest BCUT2D eigenvalue weighted by Gasteiger charge is 2.23. The highest BCUT2D eigenvalue weighted by atomic mass is 19.1. The first-order valence-electron chi connectivity index (χ1n) is 8.09. The van der Waals surface area contributed by atoms with Crippen LogP contribution in [0.2, 0.25) is 0 Å². The van der Waals surface area contributed by atoms with Crippen molar-refractivity contribution in [2.45, 2.75) is 26.3 Å². The summed E-state index contributed by atoms with van der Waals surface area (Å²) in [7, 11) is 0. The van der Waals surface area contributed by atoms with E-state index in [-0.39, 0.29) is 42.0 Å². The minimum Gasteiger partial charge on any atom is -0.462 e. The van der Waals surface area contributed by atoms with Crippen molar-refractivity contribution in [1.82, 2.24) is 9.55 Å². The van der Waals surface area contributed by atoms with Gasteiger partial charge in [0, 0.05) is 25.8 Å². The van der Waals surface area contributed by atoms with Crippen LogP contribution < -0.4 is 10.3 Å². The highest BCUT2D eigenvalue weighted by molar-refractivity contribution is 5.93. The maximum atomic E-state index is 14.4. The second-order valence-electron chi connectivity index (χ2n) is 5.70. The van der Waals surface area contributed by atoms with Gasteiger partial charge in [0.15, 0.2) is 11.6 Å². The van der Waals surface area contributed by atoms with Gasteiger partial charge in [-0.15, -0.1) is 0 Å². The van der Waals surface area contributed by atoms with Crippen LogP contribution in [0.1, 0.15) is 30.1 Å². The molecule has 0 saturated carbocycles. The molecular weight excluding hydrogens is 327 g/mol. The summed E-state index contributed by atoms with van der Waals surface area (Å²) in [6.07, 6.45) is 2.46. The molecule has 3 heterocycles. The Kier molecular flexibility index (Phi) is 4.65. The summed E-state index contributed by atoms with van der Waals surface area (Å²) in [6, 6.07) is 3.13. The average molecular weight is 344 g/mol. The van der Waals surface area contributed by atoms with Gasteiger partial charge in [-0.1, -0.05) is 0 Å². The second kappa shape index (κ2) is 6.89. The summed E-state index contributed by atoms with van der Waals surface area (Å²) < 4.78 is 20.8. The van der Waals surface area contributed by atoms with Gasteiger partial charge in [0.25, 0.3) is 0 Å². The monoisotopic (exact) mass is 344 g/mol. The molecule has 3 rings (SSSR count). The van der Waals surface area contributed by atoms with Crippen LogP contribution in [0.5, 0.6) is 0 Å². The van der Waals surface area contributed by atoms with Gasteiger partial charge in [0.05, 0.1) is 24.5 Å². The maximum Gasteiger partial charge on any atom is 0.343 e. The summed E-state index contributed by atoms with van der Waals surface area (Å²) in [5.74, 6) is -1.18. The number of rotatable bonds is 5. The Bertz CT molecular complexity index is 928. The number of nitrogens with zero attached hydrogens (tertiary/aromatic N) is 4. The maximum absolute atomic E-state index is 14.4. The molecule has 2 aromatic heterocycles. The lowest BCUT2D eigenvalue weighted by Crippen LogP contribution is -2.38. The molecule has 1 aliphatic rings. The zero-order chi connectivity index (χ0) is 18.0. The largest absolute Gasteiger partial charge is 0.462 e. The molecule has 1 saturated heterocycles. The third-order valence-electron chi connectivity index (χ3n) is 4.10. The minimum absolute atomic E-state index is 0.00488. The number of aromatic nitrogens is 2. The van der Waals surface area contributed by atoms with Gasteiger partial charge in [-0.25, -0.2) is 14.2 Å². The van der Waals surface area contributed by atoms with Gasteiger partial charge in [-0.2, -0.15) is 5.26 Å². The predicted octanol–water partition coefficient (Wildman–Crippen LogP) is 1.84. The molecule has 1 fully saturated rings. The number of esters is 1. The zero-order valence-electron chi connectivity index (χ0n) is 13.8. The second-order valence-corrected chi connectivity index (χ2v) is 5.70. The number of hydrogen-bond donors (Lipinski definition) is 0. The number of carbonyl (C=O) groups is 1. The molecule has 0 unspecified atom stereocenters. The van der Waals surface area contributed by atoms with Gasteiger partial charge < -0.3 is 14.2 Å². The lowest BCUT2D eigenvalue weighted by Gasteiger charge is -2.32. The lowest BCUT2D eigenvalue weighted by atomic mass is 10.1. The molecule has 7 nitrogen and oxygen atoms in total. The molecule has 0 aliphatic carbocycles. The molecule has 8 heteroatoms. The van der Waals surface area contributed by atoms with Crippen molar-refractivity contribution in [3.8, 4) is 6.07 Å². The predicted molar refractivity (Wildman–Crippen MR) is 89.0 cm³/mol. The molecule has 0 N–H and O–H groups in total. The summed E-state index contributed by atoms with van der Waals surface area (Å²) >= 11 is 0. The number of nitriles is 1. The fourth-order valence-electron chi connectivity index (χ4n) is 2.72. The molecule has 0 spiro atoms. The van der Waals surface area contributed by atoms with E-state index in [2.05, 4.69) is 4.98 Å². The molecule has 0 radical (unpaired) electrons. The molecule has 2 aromatic rings. The van der Waals surface area contributed by atoms with E-state index in [0.717, 1.165) is 12.5 Å². The number of halogens is 1. The van der Waals surface area contributed by atoms with Gasteiger partial charge in [0.2, 0.25) is 5.43 Å². The molecule has 130 valence electrons. The molecule has 25 heavy (non-hydrogen) atoms. The van der Waals surface area contributed by atoms with E-state index in [9.17, 15) is 14.0 Å². The fourth-order valence-corrected chi connectivity index (χ4v) is 2.72. The first-order chi connectivity index (χ1) is 12.1. The Hall–Kier alpha value is -2.95. The smallest absolute Gasteiger partial charge is 0.343 e. The van der Waals surface area contributed by atoms with E-state index in [1.54, 1.807) is 11.8 Å². The van der Waals surface area contributed by atoms with Crippen LogP contribution in [0.3, 0.4) is 0 Å². The van der Waals surface area contributed by atoms with E-state index >= 15 is 0 Å². The van der Waals surface area contributed by atoms with Crippen LogP contribution >= 0.6 is 0 Å². The van der Waals surface area contributed by atoms with Crippen molar-refractivity contribution in [2.24, 2.45) is 0 Å². The van der Waals surface area contributed by atoms with E-state index in [1.165, 1.54) is 10.8 Å². The van der Waals surface area contributed by atoms with Gasteiger partial charge >= 0.3 is 5.97 Å². The van der Waals surface area contributed by atoms with Crippen molar-refractivity contribution in [3.05, 3.63) is 33.9 Å². The summed E-state index contributed by atoms with van der Waals surface area (Å²) in [5, 5.41) is 8.85. The molecular formula is C17H17FN4O3. The van der Waals surface area contributed by atoms with Crippen LogP contribution in [-0.2, 0) is 11.3 Å². The Morgan fingerprint density at radius 2 is 2.24 bits per heavy atom. The molecule has 0 amide bonds. The molecule has 0 bridgehead atoms. The van der Waals surface area contributed by atoms with Crippen molar-refractivity contribution >= 4 is 22.8 Å². The summed E-state index contributed by atoms with van der Waals surface area (Å²) in [5.41, 5.74) is -0.551. The van der Waals surface area contributed by atoms with E-state index in [0.29, 0.717) is 13.1 Å². The van der Waals surface area contributed by atoms with Crippen LogP contribution in [0, 0.1) is 17.1 Å². The third kappa shape index (κ3) is 3.05. The normalized spacial score (nSPS) is 13.4. The molecule has 0 atom stereocenters. The fraction of sp³-hybridized carbons (Fsp3) is 0.412. The number of ether oxygens (including phenoxy) is 1. The van der Waals surface area contributed by atoms with Crippen LogP contribution in [-0.4, -0.2) is 35.2 Å². The number of aryl methyl sites for hydroxylation is 1. The van der Waals surface area contributed by atoms with E-state index < -0.39 is 17.2 Å². The van der Waals surface area contributed by atoms with Crippen molar-refractivity contribution in [1.29, 1.82) is 5.26 Å². The SMILES string of the molecule is CCOC(=O)c1cn(CCC#N)c2nc(N3CCC3)c(F)cc2c1=O. The Morgan fingerprint density at radius 1 is 1.48 bits per heavy atom. The average Bonchev–Trinajstić information content (AvgIpc) is 2.54. The Balaban J connectivity index is 2.22. The van der Waals surface area contributed by atoms with Crippen LogP contribution in [0.4, 0.5) is 10.2 Å². The van der Waals surface area contributed by atoms with E-state index in [4.69, 9.17) is 10.00 Å². The van der Waals surface area contributed by atoms with Crippen molar-refractivity contribution in [2.75, 3.05) is 24.6 Å². The van der Waals surface area contributed by atoms with Gasteiger partial charge in [-0.05, 0) is 19.4 Å². The zero-order valence-corrected chi connectivity index (χ0v) is 13.8. The first kappa shape index (κ1) is 16.9.